The molecule has 0 radical (unpaired) electrons. The van der Waals surface area contributed by atoms with Crippen LogP contribution in [0.4, 0.5) is 0 Å². The molecule has 0 aliphatic carbocycles. The highest BCUT2D eigenvalue weighted by Gasteiger charge is 2.31. The summed E-state index contributed by atoms with van der Waals surface area (Å²) in [5.41, 5.74) is 0. The molecule has 0 saturated carbocycles. The van der Waals surface area contributed by atoms with E-state index in [-0.39, 0.29) is 11.9 Å². The molecule has 4 nitrogen and oxygen atoms in total. The SMILES string of the molecule is CC1CCNC1C(=O)N(C)CCOc1ccccc1Cl. The summed E-state index contributed by atoms with van der Waals surface area (Å²) in [4.78, 5) is 14.0. The molecule has 1 saturated heterocycles. The Kier molecular flexibility index (Phi) is 5.26. The summed E-state index contributed by atoms with van der Waals surface area (Å²) in [6.45, 7) is 4.01. The molecule has 1 aliphatic heterocycles. The van der Waals surface area contributed by atoms with Crippen molar-refractivity contribution in [2.75, 3.05) is 26.7 Å². The van der Waals surface area contributed by atoms with Crippen LogP contribution in [0.25, 0.3) is 0 Å². The maximum atomic E-state index is 12.2. The van der Waals surface area contributed by atoms with E-state index in [1.54, 1.807) is 11.0 Å². The van der Waals surface area contributed by atoms with Crippen LogP contribution in [0.15, 0.2) is 24.3 Å². The van der Waals surface area contributed by atoms with Crippen LogP contribution in [0.5, 0.6) is 5.75 Å². The second kappa shape index (κ2) is 6.95. The fourth-order valence-corrected chi connectivity index (χ4v) is 2.56. The van der Waals surface area contributed by atoms with Crippen molar-refractivity contribution >= 4 is 17.5 Å². The predicted molar refractivity (Wildman–Crippen MR) is 80.2 cm³/mol. The van der Waals surface area contributed by atoms with Crippen LogP contribution in [0, 0.1) is 5.92 Å². The van der Waals surface area contributed by atoms with E-state index in [9.17, 15) is 4.79 Å². The number of hydrogen-bond acceptors (Lipinski definition) is 3. The number of rotatable bonds is 5. The maximum Gasteiger partial charge on any atom is 0.239 e. The minimum absolute atomic E-state index is 0.0553. The third-order valence-electron chi connectivity index (χ3n) is 3.70. The smallest absolute Gasteiger partial charge is 0.239 e. The van der Waals surface area contributed by atoms with E-state index >= 15 is 0 Å². The molecule has 5 heteroatoms. The van der Waals surface area contributed by atoms with E-state index in [1.165, 1.54) is 0 Å². The number of ether oxygens (including phenoxy) is 1. The second-order valence-electron chi connectivity index (χ2n) is 5.24. The highest BCUT2D eigenvalue weighted by molar-refractivity contribution is 6.32. The number of hydrogen-bond donors (Lipinski definition) is 1. The molecule has 1 fully saturated rings. The predicted octanol–water partition coefficient (Wildman–Crippen LogP) is 2.18. The van der Waals surface area contributed by atoms with Crippen molar-refractivity contribution in [3.05, 3.63) is 29.3 Å². The Morgan fingerprint density at radius 3 is 2.90 bits per heavy atom. The third kappa shape index (κ3) is 3.64. The first-order chi connectivity index (χ1) is 9.59. The number of nitrogens with zero attached hydrogens (tertiary/aromatic N) is 1. The van der Waals surface area contributed by atoms with Gasteiger partial charge in [-0.2, -0.15) is 0 Å². The molecular formula is C15H21ClN2O2. The van der Waals surface area contributed by atoms with Crippen LogP contribution < -0.4 is 10.1 Å². The quantitative estimate of drug-likeness (QED) is 0.905. The molecule has 1 aromatic rings. The second-order valence-corrected chi connectivity index (χ2v) is 5.64. The van der Waals surface area contributed by atoms with Gasteiger partial charge in [-0.25, -0.2) is 0 Å². The fraction of sp³-hybridized carbons (Fsp3) is 0.533. The molecular weight excluding hydrogens is 276 g/mol. The molecule has 2 rings (SSSR count). The van der Waals surface area contributed by atoms with Gasteiger partial charge in [0, 0.05) is 7.05 Å². The van der Waals surface area contributed by atoms with Gasteiger partial charge in [-0.05, 0) is 31.0 Å². The van der Waals surface area contributed by atoms with Crippen LogP contribution >= 0.6 is 11.6 Å². The van der Waals surface area contributed by atoms with Crippen molar-refractivity contribution in [1.82, 2.24) is 10.2 Å². The van der Waals surface area contributed by atoms with Gasteiger partial charge in [0.15, 0.2) is 0 Å². The molecule has 20 heavy (non-hydrogen) atoms. The molecule has 1 aliphatic rings. The highest BCUT2D eigenvalue weighted by Crippen LogP contribution is 2.23. The molecule has 1 N–H and O–H groups in total. The van der Waals surface area contributed by atoms with Crippen LogP contribution in [-0.4, -0.2) is 43.6 Å². The molecule has 110 valence electrons. The molecule has 0 spiro atoms. The van der Waals surface area contributed by atoms with Gasteiger partial charge in [0.1, 0.15) is 12.4 Å². The van der Waals surface area contributed by atoms with E-state index in [0.29, 0.717) is 29.8 Å². The largest absolute Gasteiger partial charge is 0.490 e. The van der Waals surface area contributed by atoms with Crippen molar-refractivity contribution in [1.29, 1.82) is 0 Å². The zero-order chi connectivity index (χ0) is 14.5. The lowest BCUT2D eigenvalue weighted by Crippen LogP contribution is -2.45. The standard InChI is InChI=1S/C15H21ClN2O2/c1-11-7-8-17-14(11)15(19)18(2)9-10-20-13-6-4-3-5-12(13)16/h3-6,11,14,17H,7-10H2,1-2H3. The molecule has 1 amide bonds. The van der Waals surface area contributed by atoms with Gasteiger partial charge in [0.05, 0.1) is 17.6 Å². The molecule has 0 bridgehead atoms. The Labute approximate surface area is 125 Å². The van der Waals surface area contributed by atoms with Gasteiger partial charge in [-0.1, -0.05) is 30.7 Å². The van der Waals surface area contributed by atoms with E-state index in [4.69, 9.17) is 16.3 Å². The summed E-state index contributed by atoms with van der Waals surface area (Å²) in [6.07, 6.45) is 1.06. The van der Waals surface area contributed by atoms with Crippen molar-refractivity contribution in [2.24, 2.45) is 5.92 Å². The summed E-state index contributed by atoms with van der Waals surface area (Å²) in [5, 5.41) is 3.84. The minimum Gasteiger partial charge on any atom is -0.490 e. The number of nitrogens with one attached hydrogen (secondary N) is 1. The van der Waals surface area contributed by atoms with E-state index in [0.717, 1.165) is 13.0 Å². The van der Waals surface area contributed by atoms with Crippen LogP contribution in [0.1, 0.15) is 13.3 Å². The van der Waals surface area contributed by atoms with Gasteiger partial charge in [0.25, 0.3) is 0 Å². The molecule has 2 unspecified atom stereocenters. The third-order valence-corrected chi connectivity index (χ3v) is 4.01. The van der Waals surface area contributed by atoms with Crippen molar-refractivity contribution < 1.29 is 9.53 Å². The highest BCUT2D eigenvalue weighted by atomic mass is 35.5. The van der Waals surface area contributed by atoms with Crippen LogP contribution in [0.2, 0.25) is 5.02 Å². The molecule has 1 heterocycles. The Hall–Kier alpha value is -1.26. The fourth-order valence-electron chi connectivity index (χ4n) is 2.37. The van der Waals surface area contributed by atoms with Crippen molar-refractivity contribution in [3.8, 4) is 5.75 Å². The Morgan fingerprint density at radius 1 is 1.50 bits per heavy atom. The first kappa shape index (κ1) is 15.1. The monoisotopic (exact) mass is 296 g/mol. The van der Waals surface area contributed by atoms with E-state index in [1.807, 2.05) is 25.2 Å². The lowest BCUT2D eigenvalue weighted by Gasteiger charge is -2.23. The van der Waals surface area contributed by atoms with Crippen molar-refractivity contribution in [3.63, 3.8) is 0 Å². The van der Waals surface area contributed by atoms with E-state index < -0.39 is 0 Å². The summed E-state index contributed by atoms with van der Waals surface area (Å²) in [5.74, 6) is 1.19. The number of likely N-dealkylation sites (N-methyl/N-ethyl adjacent to an activating group) is 1. The average molecular weight is 297 g/mol. The average Bonchev–Trinajstić information content (AvgIpc) is 2.86. The van der Waals surface area contributed by atoms with Gasteiger partial charge < -0.3 is 15.0 Å². The summed E-state index contributed by atoms with van der Waals surface area (Å²) >= 11 is 6.01. The number of benzene rings is 1. The van der Waals surface area contributed by atoms with Crippen LogP contribution in [-0.2, 0) is 4.79 Å². The maximum absolute atomic E-state index is 12.2. The number of carbonyl (C=O) groups excluding carboxylic acids is 1. The summed E-state index contributed by atoms with van der Waals surface area (Å²) in [7, 11) is 1.81. The van der Waals surface area contributed by atoms with E-state index in [2.05, 4.69) is 12.2 Å². The number of halogens is 1. The minimum atomic E-state index is -0.0553. The zero-order valence-electron chi connectivity index (χ0n) is 11.9. The Bertz CT molecular complexity index is 467. The first-order valence-corrected chi connectivity index (χ1v) is 7.33. The van der Waals surface area contributed by atoms with Gasteiger partial charge in [-0.15, -0.1) is 0 Å². The summed E-state index contributed by atoms with van der Waals surface area (Å²) in [6, 6.07) is 7.29. The Balaban J connectivity index is 1.79. The topological polar surface area (TPSA) is 41.6 Å². The van der Waals surface area contributed by atoms with Crippen molar-refractivity contribution in [2.45, 2.75) is 19.4 Å². The lowest BCUT2D eigenvalue weighted by molar-refractivity contribution is -0.132. The normalized spacial score (nSPS) is 21.8. The van der Waals surface area contributed by atoms with Gasteiger partial charge in [0.2, 0.25) is 5.91 Å². The summed E-state index contributed by atoms with van der Waals surface area (Å²) < 4.78 is 5.60. The molecule has 0 aromatic heterocycles. The number of para-hydroxylation sites is 1. The zero-order valence-corrected chi connectivity index (χ0v) is 12.7. The van der Waals surface area contributed by atoms with Gasteiger partial charge >= 0.3 is 0 Å². The molecule has 1 aromatic carbocycles. The number of amides is 1. The number of carbonyl (C=O) groups is 1. The lowest BCUT2D eigenvalue weighted by atomic mass is 10.0. The molecule has 2 atom stereocenters. The van der Waals surface area contributed by atoms with Crippen LogP contribution in [0.3, 0.4) is 0 Å². The first-order valence-electron chi connectivity index (χ1n) is 6.95. The van der Waals surface area contributed by atoms with Gasteiger partial charge in [-0.3, -0.25) is 4.79 Å². The Morgan fingerprint density at radius 2 is 2.25 bits per heavy atom.